The summed E-state index contributed by atoms with van der Waals surface area (Å²) in [5.74, 6) is -3.67. The van der Waals surface area contributed by atoms with E-state index in [9.17, 15) is 33.0 Å². The van der Waals surface area contributed by atoms with Crippen LogP contribution in [0.2, 0.25) is 0 Å². The highest BCUT2D eigenvalue weighted by Gasteiger charge is 2.66. The topological polar surface area (TPSA) is 121 Å². The number of aromatic hydroxyl groups is 1. The first-order chi connectivity index (χ1) is 13.6. The summed E-state index contributed by atoms with van der Waals surface area (Å²) >= 11 is 0. The number of aliphatic hydroxyl groups is 1. The van der Waals surface area contributed by atoms with Gasteiger partial charge in [0.05, 0.1) is 13.2 Å². The van der Waals surface area contributed by atoms with E-state index < -0.39 is 35.7 Å². The molecule has 1 aromatic heterocycles. The monoisotopic (exact) mass is 411 g/mol. The Bertz CT molecular complexity index is 938. The van der Waals surface area contributed by atoms with Gasteiger partial charge in [-0.15, -0.1) is 0 Å². The van der Waals surface area contributed by atoms with E-state index in [0.29, 0.717) is 0 Å². The fourth-order valence-corrected chi connectivity index (χ4v) is 3.19. The highest BCUT2D eigenvalue weighted by Crippen LogP contribution is 2.44. The maximum absolute atomic E-state index is 13.8. The van der Waals surface area contributed by atoms with Gasteiger partial charge >= 0.3 is 12.2 Å². The molecule has 8 nitrogen and oxygen atoms in total. The van der Waals surface area contributed by atoms with Gasteiger partial charge in [-0.1, -0.05) is 6.07 Å². The number of halogens is 3. The number of phenolic OH excluding ortho intramolecular Hbond substituents is 1. The number of alkyl halides is 3. The smallest absolute Gasteiger partial charge is 0.437 e. The molecule has 3 atom stereocenters. The third-order valence-corrected chi connectivity index (χ3v) is 4.60. The van der Waals surface area contributed by atoms with Crippen molar-refractivity contribution in [2.75, 3.05) is 7.11 Å². The Morgan fingerprint density at radius 1 is 1.31 bits per heavy atom. The molecule has 4 N–H and O–H groups in total. The zero-order chi connectivity index (χ0) is 21.4. The van der Waals surface area contributed by atoms with Gasteiger partial charge in [0.15, 0.2) is 17.3 Å². The van der Waals surface area contributed by atoms with Crippen LogP contribution in [0, 0.1) is 5.92 Å². The van der Waals surface area contributed by atoms with Crippen molar-refractivity contribution < 1.29 is 37.7 Å². The molecule has 2 aromatic rings. The third-order valence-electron chi connectivity index (χ3n) is 4.60. The zero-order valence-corrected chi connectivity index (χ0v) is 14.9. The lowest BCUT2D eigenvalue weighted by Gasteiger charge is -2.45. The average molecular weight is 411 g/mol. The van der Waals surface area contributed by atoms with Crippen LogP contribution in [0.5, 0.6) is 11.5 Å². The summed E-state index contributed by atoms with van der Waals surface area (Å²) in [7, 11) is 1.23. The Morgan fingerprint density at radius 2 is 2.03 bits per heavy atom. The van der Waals surface area contributed by atoms with Gasteiger partial charge in [-0.2, -0.15) is 13.2 Å². The molecule has 1 aliphatic rings. The summed E-state index contributed by atoms with van der Waals surface area (Å²) in [6.45, 7) is 0. The molecular weight excluding hydrogens is 395 g/mol. The van der Waals surface area contributed by atoms with Crippen LogP contribution in [0.1, 0.15) is 22.0 Å². The van der Waals surface area contributed by atoms with Crippen molar-refractivity contribution >= 4 is 11.8 Å². The summed E-state index contributed by atoms with van der Waals surface area (Å²) in [6.07, 6.45) is -2.98. The molecule has 2 heterocycles. The first kappa shape index (κ1) is 20.4. The fraction of sp³-hybridized carbons (Fsp3) is 0.278. The van der Waals surface area contributed by atoms with Gasteiger partial charge in [0.1, 0.15) is 5.92 Å². The van der Waals surface area contributed by atoms with Crippen molar-refractivity contribution in [3.05, 3.63) is 53.9 Å². The molecule has 0 aliphatic carbocycles. The number of ketones is 1. The van der Waals surface area contributed by atoms with E-state index in [-0.39, 0.29) is 22.6 Å². The van der Waals surface area contributed by atoms with Gasteiger partial charge in [-0.25, -0.2) is 4.79 Å². The van der Waals surface area contributed by atoms with Crippen LogP contribution < -0.4 is 15.4 Å². The molecule has 1 aliphatic heterocycles. The zero-order valence-electron chi connectivity index (χ0n) is 14.9. The number of phenols is 1. The fourth-order valence-electron chi connectivity index (χ4n) is 3.19. The number of Topliss-reactive ketones (excluding diaryl/α,β-unsaturated/α-hetero) is 1. The molecule has 3 unspecified atom stereocenters. The van der Waals surface area contributed by atoms with Crippen molar-refractivity contribution in [2.45, 2.75) is 17.9 Å². The van der Waals surface area contributed by atoms with Crippen molar-refractivity contribution in [3.8, 4) is 11.5 Å². The number of methoxy groups -OCH3 is 1. The molecule has 29 heavy (non-hydrogen) atoms. The van der Waals surface area contributed by atoms with Gasteiger partial charge < -0.3 is 25.6 Å². The second kappa shape index (κ2) is 7.24. The molecule has 1 saturated heterocycles. The Hall–Kier alpha value is -3.34. The lowest BCUT2D eigenvalue weighted by molar-refractivity contribution is -0.287. The van der Waals surface area contributed by atoms with E-state index in [4.69, 9.17) is 4.74 Å². The quantitative estimate of drug-likeness (QED) is 0.571. The van der Waals surface area contributed by atoms with Crippen LogP contribution >= 0.6 is 0 Å². The number of ether oxygens (including phenoxy) is 1. The minimum Gasteiger partial charge on any atom is -0.504 e. The minimum atomic E-state index is -5.37. The van der Waals surface area contributed by atoms with Gasteiger partial charge in [-0.05, 0) is 29.8 Å². The molecule has 0 saturated carbocycles. The molecule has 1 fully saturated rings. The maximum atomic E-state index is 13.8. The third kappa shape index (κ3) is 3.56. The molecule has 154 valence electrons. The second-order valence-electron chi connectivity index (χ2n) is 6.36. The summed E-state index contributed by atoms with van der Waals surface area (Å²) in [5, 5.41) is 23.9. The van der Waals surface area contributed by atoms with E-state index in [0.717, 1.165) is 12.3 Å². The van der Waals surface area contributed by atoms with Crippen molar-refractivity contribution in [1.29, 1.82) is 0 Å². The van der Waals surface area contributed by atoms with E-state index >= 15 is 0 Å². The number of hydrogen-bond acceptors (Lipinski definition) is 6. The molecular formula is C18H16F3N3O5. The molecule has 1 aromatic carbocycles. The van der Waals surface area contributed by atoms with Gasteiger partial charge in [0.25, 0.3) is 0 Å². The number of pyridine rings is 1. The Balaban J connectivity index is 2.18. The van der Waals surface area contributed by atoms with Crippen molar-refractivity contribution in [1.82, 2.24) is 15.6 Å². The minimum absolute atomic E-state index is 0.0133. The number of nitrogens with one attached hydrogen (secondary N) is 2. The summed E-state index contributed by atoms with van der Waals surface area (Å²) in [4.78, 5) is 28.7. The number of hydrogen-bond donors (Lipinski definition) is 4. The van der Waals surface area contributed by atoms with Crippen LogP contribution in [0.3, 0.4) is 0 Å². The largest absolute Gasteiger partial charge is 0.504 e. The predicted molar refractivity (Wildman–Crippen MR) is 92.1 cm³/mol. The lowest BCUT2D eigenvalue weighted by Crippen LogP contribution is -2.72. The number of urea groups is 1. The SMILES string of the molecule is COc1cc(C2NC(=O)NC(O)(C(F)(F)F)C2C(=O)c2cccnc2)ccc1O. The highest BCUT2D eigenvalue weighted by atomic mass is 19.4. The van der Waals surface area contributed by atoms with E-state index in [2.05, 4.69) is 10.3 Å². The number of amides is 2. The van der Waals surface area contributed by atoms with Crippen LogP contribution in [-0.4, -0.2) is 46.0 Å². The highest BCUT2D eigenvalue weighted by molar-refractivity contribution is 6.00. The number of carbonyl (C=O) groups is 2. The number of rotatable bonds is 4. The van der Waals surface area contributed by atoms with Crippen LogP contribution in [-0.2, 0) is 0 Å². The molecule has 2 amide bonds. The van der Waals surface area contributed by atoms with Gasteiger partial charge in [0.2, 0.25) is 5.72 Å². The summed E-state index contributed by atoms with van der Waals surface area (Å²) < 4.78 is 46.3. The van der Waals surface area contributed by atoms with Crippen LogP contribution in [0.25, 0.3) is 0 Å². The van der Waals surface area contributed by atoms with E-state index in [1.165, 1.54) is 42.9 Å². The number of benzene rings is 1. The molecule has 0 radical (unpaired) electrons. The standard InChI is InChI=1S/C18H16F3N3O5/c1-29-12-7-9(4-5-11(12)25)14-13(15(26)10-3-2-6-22-8-10)17(28,18(19,20)21)24-16(27)23-14/h2-8,13-14,25,28H,1H3,(H2,23,24,27). The summed E-state index contributed by atoms with van der Waals surface area (Å²) in [5.41, 5.74) is -4.02. The molecule has 0 spiro atoms. The first-order valence-electron chi connectivity index (χ1n) is 8.27. The Morgan fingerprint density at radius 3 is 2.62 bits per heavy atom. The van der Waals surface area contributed by atoms with Gasteiger partial charge in [-0.3, -0.25) is 9.78 Å². The van der Waals surface area contributed by atoms with Crippen molar-refractivity contribution in [3.63, 3.8) is 0 Å². The Labute approximate surface area is 162 Å². The molecule has 0 bridgehead atoms. The predicted octanol–water partition coefficient (Wildman–Crippen LogP) is 1.90. The Kier molecular flexibility index (Phi) is 5.09. The number of nitrogens with zero attached hydrogens (tertiary/aromatic N) is 1. The van der Waals surface area contributed by atoms with E-state index in [1.54, 1.807) is 0 Å². The maximum Gasteiger partial charge on any atom is 0.437 e. The average Bonchev–Trinajstić information content (AvgIpc) is 2.67. The molecule has 3 rings (SSSR count). The normalized spacial score (nSPS) is 24.4. The second-order valence-corrected chi connectivity index (χ2v) is 6.36. The molecule has 11 heteroatoms. The van der Waals surface area contributed by atoms with Crippen molar-refractivity contribution in [2.24, 2.45) is 5.92 Å². The number of aromatic nitrogens is 1. The lowest BCUT2D eigenvalue weighted by atomic mass is 9.77. The van der Waals surface area contributed by atoms with E-state index in [1.807, 2.05) is 0 Å². The van der Waals surface area contributed by atoms with Crippen LogP contribution in [0.15, 0.2) is 42.7 Å². The van der Waals surface area contributed by atoms with Gasteiger partial charge in [0, 0.05) is 18.0 Å². The summed E-state index contributed by atoms with van der Waals surface area (Å²) in [6, 6.07) is 3.22. The van der Waals surface area contributed by atoms with Crippen LogP contribution in [0.4, 0.5) is 18.0 Å². The first-order valence-corrected chi connectivity index (χ1v) is 8.27. The number of carbonyl (C=O) groups excluding carboxylic acids is 2.